The zero-order valence-electron chi connectivity index (χ0n) is 19.7. The van der Waals surface area contributed by atoms with Crippen LogP contribution in [0.1, 0.15) is 12.0 Å². The summed E-state index contributed by atoms with van der Waals surface area (Å²) in [5.74, 6) is 0.261. The SMILES string of the molecule is O=C(Nc1nccc(OC[C@@H](O)CO)n1)N1c2nc(-c3cccc(C(F)(F)F)c3)c(Cl)cc2N2CCC1C2. The van der Waals surface area contributed by atoms with Crippen molar-refractivity contribution in [3.8, 4) is 17.1 Å². The van der Waals surface area contributed by atoms with Crippen LogP contribution < -0.4 is 19.9 Å². The molecule has 2 amide bonds. The maximum Gasteiger partial charge on any atom is 0.416 e. The molecule has 2 aliphatic heterocycles. The highest BCUT2D eigenvalue weighted by atomic mass is 35.5. The average molecular weight is 551 g/mol. The molecular formula is C24H22ClF3N6O4. The van der Waals surface area contributed by atoms with Gasteiger partial charge in [-0.05, 0) is 24.6 Å². The van der Waals surface area contributed by atoms with Crippen LogP contribution in [0.3, 0.4) is 0 Å². The van der Waals surface area contributed by atoms with Gasteiger partial charge in [-0.25, -0.2) is 14.8 Å². The van der Waals surface area contributed by atoms with Gasteiger partial charge in [0.25, 0.3) is 0 Å². The normalized spacial score (nSPS) is 17.3. The minimum Gasteiger partial charge on any atom is -0.475 e. The number of amides is 2. The molecule has 4 heterocycles. The monoisotopic (exact) mass is 550 g/mol. The molecule has 2 aliphatic rings. The first kappa shape index (κ1) is 25.9. The summed E-state index contributed by atoms with van der Waals surface area (Å²) in [6.07, 6.45) is -3.64. The van der Waals surface area contributed by atoms with Gasteiger partial charge in [-0.1, -0.05) is 23.7 Å². The molecule has 14 heteroatoms. The number of hydrogen-bond acceptors (Lipinski definition) is 8. The lowest BCUT2D eigenvalue weighted by Gasteiger charge is -2.36. The van der Waals surface area contributed by atoms with Crippen LogP contribution in [0.25, 0.3) is 11.3 Å². The number of benzene rings is 1. The number of nitrogens with zero attached hydrogens (tertiary/aromatic N) is 5. The van der Waals surface area contributed by atoms with Crippen molar-refractivity contribution in [1.29, 1.82) is 0 Å². The van der Waals surface area contributed by atoms with Gasteiger partial charge >= 0.3 is 12.2 Å². The summed E-state index contributed by atoms with van der Waals surface area (Å²) in [5, 5.41) is 21.2. The van der Waals surface area contributed by atoms with E-state index in [1.165, 1.54) is 29.3 Å². The van der Waals surface area contributed by atoms with Crippen LogP contribution >= 0.6 is 11.6 Å². The van der Waals surface area contributed by atoms with E-state index in [1.807, 2.05) is 4.90 Å². The quantitative estimate of drug-likeness (QED) is 0.425. The summed E-state index contributed by atoms with van der Waals surface area (Å²) in [6, 6.07) is 6.89. The van der Waals surface area contributed by atoms with Gasteiger partial charge in [-0.3, -0.25) is 10.2 Å². The van der Waals surface area contributed by atoms with Crippen LogP contribution in [-0.4, -0.2) is 69.6 Å². The Hall–Kier alpha value is -3.68. The number of anilines is 3. The summed E-state index contributed by atoms with van der Waals surface area (Å²) in [5.41, 5.74) is 0.0328. The molecule has 1 unspecified atom stereocenters. The molecule has 38 heavy (non-hydrogen) atoms. The predicted octanol–water partition coefficient (Wildman–Crippen LogP) is 3.57. The molecule has 0 radical (unpaired) electrons. The maximum absolute atomic E-state index is 13.4. The van der Waals surface area contributed by atoms with E-state index in [2.05, 4.69) is 20.3 Å². The number of aliphatic hydroxyl groups is 2. The minimum atomic E-state index is -4.54. The molecule has 0 aliphatic carbocycles. The summed E-state index contributed by atoms with van der Waals surface area (Å²) < 4.78 is 45.2. The van der Waals surface area contributed by atoms with E-state index in [-0.39, 0.29) is 46.6 Å². The zero-order valence-corrected chi connectivity index (χ0v) is 20.4. The molecule has 1 aromatic carbocycles. The standard InChI is InChI=1S/C24H22ClF3N6O4/c25-17-9-18-21(31-20(17)13-2-1-3-14(8-13)24(26,27)28)34(15-5-7-33(18)10-15)23(37)32-22-29-6-4-19(30-22)38-12-16(36)11-35/h1-4,6,8-9,15-16,35-36H,5,7,10-12H2,(H,29,30,32,37)/t15?,16-/m0/s1. The number of hydrogen-bond donors (Lipinski definition) is 3. The van der Waals surface area contributed by atoms with Crippen molar-refractivity contribution in [3.05, 3.63) is 53.2 Å². The first-order chi connectivity index (χ1) is 18.1. The van der Waals surface area contributed by atoms with Crippen LogP contribution in [-0.2, 0) is 6.18 Å². The number of carbonyl (C=O) groups is 1. The Bertz CT molecular complexity index is 1360. The highest BCUT2D eigenvalue weighted by Gasteiger charge is 2.41. The number of urea groups is 1. The van der Waals surface area contributed by atoms with Crippen LogP contribution in [0, 0.1) is 0 Å². The molecule has 10 nitrogen and oxygen atoms in total. The molecule has 3 aromatic rings. The highest BCUT2D eigenvalue weighted by molar-refractivity contribution is 6.33. The summed E-state index contributed by atoms with van der Waals surface area (Å²) in [4.78, 5) is 29.6. The lowest BCUT2D eigenvalue weighted by molar-refractivity contribution is -0.137. The Morgan fingerprint density at radius 2 is 2.08 bits per heavy atom. The van der Waals surface area contributed by atoms with Crippen molar-refractivity contribution in [3.63, 3.8) is 0 Å². The lowest BCUT2D eigenvalue weighted by atomic mass is 10.1. The third-order valence-corrected chi connectivity index (χ3v) is 6.49. The van der Waals surface area contributed by atoms with Crippen LogP contribution in [0.4, 0.5) is 35.4 Å². The van der Waals surface area contributed by atoms with Gasteiger partial charge in [0.1, 0.15) is 12.7 Å². The predicted molar refractivity (Wildman–Crippen MR) is 132 cm³/mol. The molecule has 5 rings (SSSR count). The largest absolute Gasteiger partial charge is 0.475 e. The van der Waals surface area contributed by atoms with Crippen molar-refractivity contribution < 1.29 is 32.9 Å². The summed E-state index contributed by atoms with van der Waals surface area (Å²) >= 11 is 6.48. The van der Waals surface area contributed by atoms with Gasteiger partial charge in [-0.2, -0.15) is 18.2 Å². The third kappa shape index (κ3) is 5.17. The van der Waals surface area contributed by atoms with E-state index in [1.54, 1.807) is 6.07 Å². The number of carbonyl (C=O) groups excluding carboxylic acids is 1. The maximum atomic E-state index is 13.4. The van der Waals surface area contributed by atoms with E-state index in [4.69, 9.17) is 21.4 Å². The number of alkyl halides is 3. The van der Waals surface area contributed by atoms with E-state index in [0.29, 0.717) is 25.2 Å². The van der Waals surface area contributed by atoms with Crippen molar-refractivity contribution >= 4 is 35.1 Å². The molecule has 1 fully saturated rings. The number of aliphatic hydroxyl groups excluding tert-OH is 2. The first-order valence-corrected chi connectivity index (χ1v) is 12.0. The van der Waals surface area contributed by atoms with Crippen LogP contribution in [0.2, 0.25) is 5.02 Å². The molecule has 1 saturated heterocycles. The van der Waals surface area contributed by atoms with Gasteiger partial charge in [-0.15, -0.1) is 0 Å². The molecular weight excluding hydrogens is 529 g/mol. The van der Waals surface area contributed by atoms with E-state index < -0.39 is 30.5 Å². The van der Waals surface area contributed by atoms with Crippen molar-refractivity contribution in [2.75, 3.05) is 41.4 Å². The number of aromatic nitrogens is 3. The third-order valence-electron chi connectivity index (χ3n) is 6.20. The number of ether oxygens (including phenoxy) is 1. The molecule has 2 aromatic heterocycles. The van der Waals surface area contributed by atoms with Crippen molar-refractivity contribution in [2.24, 2.45) is 0 Å². The van der Waals surface area contributed by atoms with E-state index >= 15 is 0 Å². The van der Waals surface area contributed by atoms with Gasteiger partial charge < -0.3 is 19.8 Å². The smallest absolute Gasteiger partial charge is 0.416 e. The molecule has 2 atom stereocenters. The van der Waals surface area contributed by atoms with Crippen LogP contribution in [0.15, 0.2) is 42.6 Å². The summed E-state index contributed by atoms with van der Waals surface area (Å²) in [6.45, 7) is 0.488. The highest BCUT2D eigenvalue weighted by Crippen LogP contribution is 2.43. The topological polar surface area (TPSA) is 124 Å². The number of rotatable bonds is 6. The fourth-order valence-corrected chi connectivity index (χ4v) is 4.66. The minimum absolute atomic E-state index is 0.0694. The molecule has 200 valence electrons. The Morgan fingerprint density at radius 1 is 1.26 bits per heavy atom. The second-order valence-electron chi connectivity index (χ2n) is 8.79. The average Bonchev–Trinajstić information content (AvgIpc) is 3.31. The van der Waals surface area contributed by atoms with E-state index in [0.717, 1.165) is 12.1 Å². The van der Waals surface area contributed by atoms with Crippen molar-refractivity contribution in [2.45, 2.75) is 24.7 Å². The molecule has 2 bridgehead atoms. The van der Waals surface area contributed by atoms with Gasteiger partial charge in [0.05, 0.1) is 34.6 Å². The number of pyridine rings is 1. The summed E-state index contributed by atoms with van der Waals surface area (Å²) in [7, 11) is 0. The number of fused-ring (bicyclic) bond motifs is 4. The molecule has 0 saturated carbocycles. The van der Waals surface area contributed by atoms with Crippen LogP contribution in [0.5, 0.6) is 5.88 Å². The zero-order chi connectivity index (χ0) is 27.0. The van der Waals surface area contributed by atoms with E-state index in [9.17, 15) is 23.1 Å². The van der Waals surface area contributed by atoms with Gasteiger partial charge in [0.15, 0.2) is 5.82 Å². The Morgan fingerprint density at radius 3 is 2.84 bits per heavy atom. The first-order valence-electron chi connectivity index (χ1n) is 11.6. The number of nitrogens with one attached hydrogen (secondary N) is 1. The van der Waals surface area contributed by atoms with Gasteiger partial charge in [0, 0.05) is 30.9 Å². The molecule has 0 spiro atoms. The Kier molecular flexibility index (Phi) is 6.99. The van der Waals surface area contributed by atoms with Crippen molar-refractivity contribution in [1.82, 2.24) is 15.0 Å². The fraction of sp³-hybridized carbons (Fsp3) is 0.333. The second kappa shape index (κ2) is 10.2. The lowest BCUT2D eigenvalue weighted by Crippen LogP contribution is -2.48. The van der Waals surface area contributed by atoms with Gasteiger partial charge in [0.2, 0.25) is 11.8 Å². The Balaban J connectivity index is 1.46. The second-order valence-corrected chi connectivity index (χ2v) is 9.20. The number of halogens is 4. The fourth-order valence-electron chi connectivity index (χ4n) is 4.40. The molecule has 3 N–H and O–H groups in total. The Labute approximate surface area is 219 Å².